The van der Waals surface area contributed by atoms with Crippen LogP contribution in [0.1, 0.15) is 23.3 Å². The SMILES string of the molecule is O=C(Nc1ccc(-c2cc3c(N4CCOCC4)ncnc3[nH]2)cc1)c1cc(NC2CCCNC2)ccn1. The van der Waals surface area contributed by atoms with Crippen LogP contribution in [0.25, 0.3) is 22.3 Å². The van der Waals surface area contributed by atoms with Gasteiger partial charge < -0.3 is 30.6 Å². The molecule has 0 radical (unpaired) electrons. The van der Waals surface area contributed by atoms with Gasteiger partial charge >= 0.3 is 0 Å². The highest BCUT2D eigenvalue weighted by atomic mass is 16.5. The summed E-state index contributed by atoms with van der Waals surface area (Å²) in [6.07, 6.45) is 5.52. The van der Waals surface area contributed by atoms with E-state index < -0.39 is 0 Å². The van der Waals surface area contributed by atoms with E-state index in [1.807, 2.05) is 30.3 Å². The zero-order valence-corrected chi connectivity index (χ0v) is 20.5. The molecule has 5 heterocycles. The summed E-state index contributed by atoms with van der Waals surface area (Å²) < 4.78 is 5.48. The number of hydrogen-bond acceptors (Lipinski definition) is 8. The molecule has 2 aliphatic heterocycles. The molecule has 2 saturated heterocycles. The fourth-order valence-electron chi connectivity index (χ4n) is 4.89. The highest BCUT2D eigenvalue weighted by molar-refractivity contribution is 6.03. The van der Waals surface area contributed by atoms with Gasteiger partial charge in [0, 0.05) is 48.9 Å². The van der Waals surface area contributed by atoms with Crippen LogP contribution in [-0.4, -0.2) is 71.3 Å². The highest BCUT2D eigenvalue weighted by Crippen LogP contribution is 2.29. The zero-order valence-electron chi connectivity index (χ0n) is 20.5. The van der Waals surface area contributed by atoms with E-state index in [0.717, 1.165) is 72.8 Å². The van der Waals surface area contributed by atoms with Crippen molar-refractivity contribution in [3.05, 3.63) is 60.7 Å². The van der Waals surface area contributed by atoms with Crippen LogP contribution in [0.5, 0.6) is 0 Å². The lowest BCUT2D eigenvalue weighted by Crippen LogP contribution is -2.38. The number of piperidine rings is 1. The molecule has 4 N–H and O–H groups in total. The minimum Gasteiger partial charge on any atom is -0.381 e. The van der Waals surface area contributed by atoms with Gasteiger partial charge in [-0.15, -0.1) is 0 Å². The summed E-state index contributed by atoms with van der Waals surface area (Å²) >= 11 is 0. The second-order valence-electron chi connectivity index (χ2n) is 9.39. The number of carbonyl (C=O) groups excluding carboxylic acids is 1. The number of amides is 1. The normalized spacial score (nSPS) is 18.1. The predicted molar refractivity (Wildman–Crippen MR) is 144 cm³/mol. The number of aromatic amines is 1. The van der Waals surface area contributed by atoms with Gasteiger partial charge in [0.05, 0.1) is 18.6 Å². The molecule has 4 aromatic rings. The number of carbonyl (C=O) groups is 1. The van der Waals surface area contributed by atoms with E-state index in [2.05, 4.69) is 46.9 Å². The fourth-order valence-corrected chi connectivity index (χ4v) is 4.89. The van der Waals surface area contributed by atoms with Crippen LogP contribution in [0.4, 0.5) is 17.2 Å². The molecule has 1 unspecified atom stereocenters. The standard InChI is InChI=1S/C27H30N8O2/c36-27(24-14-20(7-9-29-24)32-21-2-1-8-28-16-21)33-19-5-3-18(4-6-19)23-15-22-25(34-23)30-17-31-26(22)35-10-12-37-13-11-35/h3-7,9,14-15,17,21,28H,1-2,8,10-13,16H2,(H,29,32)(H,33,36)(H,30,31,34). The van der Waals surface area contributed by atoms with Gasteiger partial charge in [0.15, 0.2) is 0 Å². The number of aromatic nitrogens is 4. The molecule has 0 spiro atoms. The first-order valence-corrected chi connectivity index (χ1v) is 12.7. The number of morpholine rings is 1. The maximum Gasteiger partial charge on any atom is 0.274 e. The van der Waals surface area contributed by atoms with E-state index in [1.165, 1.54) is 0 Å². The molecule has 1 aromatic carbocycles. The number of fused-ring (bicyclic) bond motifs is 1. The summed E-state index contributed by atoms with van der Waals surface area (Å²) in [5.74, 6) is 0.679. The van der Waals surface area contributed by atoms with Crippen LogP contribution in [0, 0.1) is 0 Å². The lowest BCUT2D eigenvalue weighted by molar-refractivity contribution is 0.102. The third-order valence-corrected chi connectivity index (χ3v) is 6.83. The number of benzene rings is 1. The van der Waals surface area contributed by atoms with Crippen molar-refractivity contribution >= 4 is 34.1 Å². The molecule has 10 heteroatoms. The summed E-state index contributed by atoms with van der Waals surface area (Å²) in [7, 11) is 0. The monoisotopic (exact) mass is 498 g/mol. The van der Waals surface area contributed by atoms with Crippen molar-refractivity contribution in [1.82, 2.24) is 25.3 Å². The molecule has 2 fully saturated rings. The summed E-state index contributed by atoms with van der Waals surface area (Å²) in [4.78, 5) is 31.7. The van der Waals surface area contributed by atoms with Gasteiger partial charge in [-0.2, -0.15) is 0 Å². The average Bonchev–Trinajstić information content (AvgIpc) is 3.39. The Morgan fingerprint density at radius 2 is 1.89 bits per heavy atom. The van der Waals surface area contributed by atoms with Gasteiger partial charge in [-0.3, -0.25) is 9.78 Å². The van der Waals surface area contributed by atoms with Crippen LogP contribution in [0.15, 0.2) is 55.0 Å². The van der Waals surface area contributed by atoms with E-state index >= 15 is 0 Å². The van der Waals surface area contributed by atoms with Crippen molar-refractivity contribution in [3.8, 4) is 11.3 Å². The van der Waals surface area contributed by atoms with Crippen molar-refractivity contribution in [2.45, 2.75) is 18.9 Å². The number of anilines is 3. The molecule has 3 aromatic heterocycles. The van der Waals surface area contributed by atoms with Gasteiger partial charge in [-0.25, -0.2) is 9.97 Å². The van der Waals surface area contributed by atoms with Gasteiger partial charge in [-0.1, -0.05) is 12.1 Å². The minimum absolute atomic E-state index is 0.241. The third kappa shape index (κ3) is 5.25. The number of nitrogens with zero attached hydrogens (tertiary/aromatic N) is 4. The number of rotatable bonds is 6. The molecule has 1 atom stereocenters. The molecule has 190 valence electrons. The first-order chi connectivity index (χ1) is 18.2. The van der Waals surface area contributed by atoms with E-state index in [4.69, 9.17) is 4.74 Å². The average molecular weight is 499 g/mol. The predicted octanol–water partition coefficient (Wildman–Crippen LogP) is 3.27. The van der Waals surface area contributed by atoms with Gasteiger partial charge in [0.25, 0.3) is 5.91 Å². The van der Waals surface area contributed by atoms with Gasteiger partial charge in [0.1, 0.15) is 23.5 Å². The Hall–Kier alpha value is -4.02. The zero-order chi connectivity index (χ0) is 25.0. The smallest absolute Gasteiger partial charge is 0.274 e. The summed E-state index contributed by atoms with van der Waals surface area (Å²) in [5, 5.41) is 10.8. The molecule has 0 saturated carbocycles. The maximum absolute atomic E-state index is 12.9. The number of hydrogen-bond donors (Lipinski definition) is 4. The second kappa shape index (κ2) is 10.5. The van der Waals surface area contributed by atoms with Crippen molar-refractivity contribution < 1.29 is 9.53 Å². The first kappa shape index (κ1) is 23.4. The first-order valence-electron chi connectivity index (χ1n) is 12.7. The largest absolute Gasteiger partial charge is 0.381 e. The van der Waals surface area contributed by atoms with Gasteiger partial charge in [-0.05, 0) is 55.3 Å². The van der Waals surface area contributed by atoms with E-state index in [-0.39, 0.29) is 5.91 Å². The Bertz CT molecular complexity index is 1370. The summed E-state index contributed by atoms with van der Waals surface area (Å²) in [6.45, 7) is 5.01. The van der Waals surface area contributed by atoms with E-state index in [1.54, 1.807) is 18.6 Å². The molecular weight excluding hydrogens is 468 g/mol. The van der Waals surface area contributed by atoms with Crippen LogP contribution in [0.2, 0.25) is 0 Å². The number of ether oxygens (including phenoxy) is 1. The fraction of sp³-hybridized carbons (Fsp3) is 0.333. The number of H-pyrrole nitrogens is 1. The quantitative estimate of drug-likeness (QED) is 0.320. The van der Waals surface area contributed by atoms with Crippen LogP contribution in [0.3, 0.4) is 0 Å². The molecule has 0 bridgehead atoms. The van der Waals surface area contributed by atoms with Crippen LogP contribution < -0.4 is 20.9 Å². The maximum atomic E-state index is 12.9. The summed E-state index contributed by atoms with van der Waals surface area (Å²) in [5.41, 5.74) is 4.72. The van der Waals surface area contributed by atoms with E-state index in [9.17, 15) is 4.79 Å². The molecule has 2 aliphatic rings. The Balaban J connectivity index is 1.15. The Kier molecular flexibility index (Phi) is 6.66. The lowest BCUT2D eigenvalue weighted by Gasteiger charge is -2.27. The third-order valence-electron chi connectivity index (χ3n) is 6.83. The Labute approximate surface area is 214 Å². The minimum atomic E-state index is -0.241. The molecule has 10 nitrogen and oxygen atoms in total. The van der Waals surface area contributed by atoms with Crippen molar-refractivity contribution in [3.63, 3.8) is 0 Å². The van der Waals surface area contributed by atoms with Crippen molar-refractivity contribution in [1.29, 1.82) is 0 Å². The molecule has 6 rings (SSSR count). The highest BCUT2D eigenvalue weighted by Gasteiger charge is 2.18. The number of pyridine rings is 1. The molecule has 1 amide bonds. The Morgan fingerprint density at radius 1 is 1.03 bits per heavy atom. The summed E-state index contributed by atoms with van der Waals surface area (Å²) in [6, 6.07) is 13.9. The molecular formula is C27H30N8O2. The Morgan fingerprint density at radius 3 is 2.70 bits per heavy atom. The second-order valence-corrected chi connectivity index (χ2v) is 9.39. The van der Waals surface area contributed by atoms with Crippen molar-refractivity contribution in [2.24, 2.45) is 0 Å². The number of nitrogens with one attached hydrogen (secondary N) is 4. The van der Waals surface area contributed by atoms with Crippen LogP contribution in [-0.2, 0) is 4.74 Å². The van der Waals surface area contributed by atoms with Crippen LogP contribution >= 0.6 is 0 Å². The molecule has 0 aliphatic carbocycles. The van der Waals surface area contributed by atoms with Gasteiger partial charge in [0.2, 0.25) is 0 Å². The molecule has 37 heavy (non-hydrogen) atoms. The topological polar surface area (TPSA) is 120 Å². The van der Waals surface area contributed by atoms with E-state index in [0.29, 0.717) is 30.6 Å². The van der Waals surface area contributed by atoms with Crippen molar-refractivity contribution in [2.75, 3.05) is 54.9 Å². The lowest BCUT2D eigenvalue weighted by atomic mass is 10.1.